The summed E-state index contributed by atoms with van der Waals surface area (Å²) in [4.78, 5) is 24.7. The Balaban J connectivity index is 1.82. The Kier molecular flexibility index (Phi) is 8.89. The van der Waals surface area contributed by atoms with E-state index in [2.05, 4.69) is 5.32 Å². The van der Waals surface area contributed by atoms with Crippen LogP contribution >= 0.6 is 11.6 Å². The average Bonchev–Trinajstić information content (AvgIpc) is 2.81. The molecule has 0 aliphatic heterocycles. The Morgan fingerprint density at radius 1 is 0.971 bits per heavy atom. The molecule has 0 aliphatic carbocycles. The van der Waals surface area contributed by atoms with Gasteiger partial charge in [-0.05, 0) is 62.2 Å². The second kappa shape index (κ2) is 11.9. The van der Waals surface area contributed by atoms with Crippen molar-refractivity contribution >= 4 is 44.9 Å². The molecule has 9 heteroatoms. The monoisotopic (exact) mass is 514 g/mol. The normalized spacial score (nSPS) is 11.2. The smallest absolute Gasteiger partial charge is 0.327 e. The topological polar surface area (TPSA) is 92.8 Å². The number of amides is 1. The van der Waals surface area contributed by atoms with Crippen LogP contribution in [0.25, 0.3) is 0 Å². The summed E-state index contributed by atoms with van der Waals surface area (Å²) < 4.78 is 33.3. The highest BCUT2D eigenvalue weighted by atomic mass is 35.5. The van der Waals surface area contributed by atoms with Crippen LogP contribution in [0.1, 0.15) is 25.8 Å². The Bertz CT molecular complexity index is 1280. The minimum atomic E-state index is -4.19. The maximum atomic E-state index is 13.6. The lowest BCUT2D eigenvalue weighted by Gasteiger charge is -2.24. The molecule has 7 nitrogen and oxygen atoms in total. The number of carbonyl (C=O) groups excluding carboxylic acids is 2. The molecule has 0 saturated carbocycles. The van der Waals surface area contributed by atoms with Crippen LogP contribution in [0.15, 0.2) is 83.8 Å². The zero-order valence-corrected chi connectivity index (χ0v) is 21.1. The summed E-state index contributed by atoms with van der Waals surface area (Å²) in [6, 6.07) is 21.7. The van der Waals surface area contributed by atoms with Gasteiger partial charge in [-0.3, -0.25) is 13.9 Å². The van der Waals surface area contributed by atoms with Crippen molar-refractivity contribution in [2.24, 2.45) is 0 Å². The Hall–Kier alpha value is -3.36. The van der Waals surface area contributed by atoms with Gasteiger partial charge in [-0.1, -0.05) is 54.1 Å². The number of aryl methyl sites for hydroxylation is 1. The first-order chi connectivity index (χ1) is 16.6. The molecule has 3 rings (SSSR count). The third-order valence-corrected chi connectivity index (χ3v) is 6.93. The van der Waals surface area contributed by atoms with Crippen LogP contribution in [0.5, 0.6) is 0 Å². The summed E-state index contributed by atoms with van der Waals surface area (Å²) in [5, 5.41) is 3.06. The second-order valence-corrected chi connectivity index (χ2v) is 10.4. The number of nitrogens with zero attached hydrogens (tertiary/aromatic N) is 1. The first kappa shape index (κ1) is 26.2. The average molecular weight is 515 g/mol. The number of hydrogen-bond donors (Lipinski definition) is 1. The van der Waals surface area contributed by atoms with Gasteiger partial charge in [0.15, 0.2) is 0 Å². The Labute approximate surface area is 210 Å². The van der Waals surface area contributed by atoms with Crippen LogP contribution in [0, 0.1) is 0 Å². The van der Waals surface area contributed by atoms with E-state index in [1.807, 2.05) is 30.3 Å². The lowest BCUT2D eigenvalue weighted by atomic mass is 10.1. The number of carbonyl (C=O) groups is 2. The van der Waals surface area contributed by atoms with Crippen molar-refractivity contribution < 1.29 is 22.7 Å². The van der Waals surface area contributed by atoms with Crippen molar-refractivity contribution in [3.05, 3.63) is 89.4 Å². The molecule has 1 amide bonds. The van der Waals surface area contributed by atoms with Crippen LogP contribution in [0.4, 0.5) is 11.4 Å². The number of esters is 1. The van der Waals surface area contributed by atoms with Crippen LogP contribution in [0.2, 0.25) is 5.02 Å². The zero-order valence-electron chi connectivity index (χ0n) is 19.5. The van der Waals surface area contributed by atoms with Crippen molar-refractivity contribution in [1.29, 1.82) is 0 Å². The summed E-state index contributed by atoms with van der Waals surface area (Å²) in [6.45, 7) is 2.83. The molecule has 0 heterocycles. The van der Waals surface area contributed by atoms with Gasteiger partial charge in [0.1, 0.15) is 6.54 Å². The van der Waals surface area contributed by atoms with E-state index in [1.165, 1.54) is 24.3 Å². The molecular weight excluding hydrogens is 488 g/mol. The molecule has 0 unspecified atom stereocenters. The van der Waals surface area contributed by atoms with Crippen molar-refractivity contribution in [3.63, 3.8) is 0 Å². The molecule has 0 spiro atoms. The van der Waals surface area contributed by atoms with Gasteiger partial charge in [-0.15, -0.1) is 0 Å². The van der Waals surface area contributed by atoms with Gasteiger partial charge in [0.25, 0.3) is 10.0 Å². The van der Waals surface area contributed by atoms with E-state index < -0.39 is 28.6 Å². The van der Waals surface area contributed by atoms with Gasteiger partial charge in [-0.2, -0.15) is 0 Å². The van der Waals surface area contributed by atoms with Crippen molar-refractivity contribution in [3.8, 4) is 0 Å². The Morgan fingerprint density at radius 3 is 2.37 bits per heavy atom. The molecule has 0 atom stereocenters. The van der Waals surface area contributed by atoms with E-state index >= 15 is 0 Å². The number of sulfonamides is 1. The summed E-state index contributed by atoms with van der Waals surface area (Å²) in [5.74, 6) is -0.940. The summed E-state index contributed by atoms with van der Waals surface area (Å²) >= 11 is 6.08. The molecule has 3 aromatic rings. The van der Waals surface area contributed by atoms with Crippen molar-refractivity contribution in [2.75, 3.05) is 16.2 Å². The fourth-order valence-corrected chi connectivity index (χ4v) is 4.98. The van der Waals surface area contributed by atoms with Gasteiger partial charge in [0.05, 0.1) is 16.7 Å². The third-order valence-electron chi connectivity index (χ3n) is 4.93. The molecule has 0 radical (unpaired) electrons. The van der Waals surface area contributed by atoms with Gasteiger partial charge in [-0.25, -0.2) is 8.42 Å². The number of nitrogens with one attached hydrogen (secondary N) is 1. The number of halogens is 1. The first-order valence-corrected chi connectivity index (χ1v) is 12.9. The minimum Gasteiger partial charge on any atom is -0.462 e. The highest BCUT2D eigenvalue weighted by molar-refractivity contribution is 7.92. The summed E-state index contributed by atoms with van der Waals surface area (Å²) in [6.07, 6.45) is 0.405. The largest absolute Gasteiger partial charge is 0.462 e. The number of hydrogen-bond acceptors (Lipinski definition) is 5. The summed E-state index contributed by atoms with van der Waals surface area (Å²) in [5.41, 5.74) is 1.58. The lowest BCUT2D eigenvalue weighted by molar-refractivity contribution is -0.145. The Morgan fingerprint density at radius 2 is 1.69 bits per heavy atom. The quantitative estimate of drug-likeness (QED) is 0.382. The van der Waals surface area contributed by atoms with Gasteiger partial charge < -0.3 is 10.1 Å². The summed E-state index contributed by atoms with van der Waals surface area (Å²) in [7, 11) is -4.19. The molecule has 0 bridgehead atoms. The standard InChI is InChI=1S/C26H27ClN2O5S/c1-19(2)34-26(31)18-29(23-12-6-10-21(27)16-23)35(32,33)24-13-7-11-22(17-24)28-25(30)15-14-20-8-4-3-5-9-20/h3-13,16-17,19H,14-15,18H2,1-2H3,(H,28,30). The predicted octanol–water partition coefficient (Wildman–Crippen LogP) is 5.06. The second-order valence-electron chi connectivity index (χ2n) is 8.09. The van der Waals surface area contributed by atoms with Crippen molar-refractivity contribution in [1.82, 2.24) is 0 Å². The number of benzene rings is 3. The van der Waals surface area contributed by atoms with E-state index in [1.54, 1.807) is 38.1 Å². The molecule has 184 valence electrons. The SMILES string of the molecule is CC(C)OC(=O)CN(c1cccc(Cl)c1)S(=O)(=O)c1cccc(NC(=O)CCc2ccccc2)c1. The predicted molar refractivity (Wildman–Crippen MR) is 137 cm³/mol. The van der Waals surface area contributed by atoms with Gasteiger partial charge in [0.2, 0.25) is 5.91 Å². The fourth-order valence-electron chi connectivity index (χ4n) is 3.35. The third kappa shape index (κ3) is 7.56. The van der Waals surface area contributed by atoms with E-state index in [9.17, 15) is 18.0 Å². The highest BCUT2D eigenvalue weighted by Crippen LogP contribution is 2.27. The van der Waals surface area contributed by atoms with E-state index in [-0.39, 0.29) is 22.9 Å². The minimum absolute atomic E-state index is 0.0873. The van der Waals surface area contributed by atoms with E-state index in [0.717, 1.165) is 9.87 Å². The van der Waals surface area contributed by atoms with Crippen LogP contribution < -0.4 is 9.62 Å². The molecule has 0 fully saturated rings. The molecule has 1 N–H and O–H groups in total. The lowest BCUT2D eigenvalue weighted by Crippen LogP contribution is -2.37. The molecular formula is C26H27ClN2O5S. The van der Waals surface area contributed by atoms with E-state index in [4.69, 9.17) is 16.3 Å². The van der Waals surface area contributed by atoms with Crippen LogP contribution in [-0.2, 0) is 30.8 Å². The van der Waals surface area contributed by atoms with E-state index in [0.29, 0.717) is 17.1 Å². The molecule has 0 saturated heterocycles. The van der Waals surface area contributed by atoms with Crippen LogP contribution in [0.3, 0.4) is 0 Å². The molecule has 0 aromatic heterocycles. The number of rotatable bonds is 10. The zero-order chi connectivity index (χ0) is 25.4. The molecule has 0 aliphatic rings. The maximum absolute atomic E-state index is 13.6. The van der Waals surface area contributed by atoms with Gasteiger partial charge in [0, 0.05) is 17.1 Å². The van der Waals surface area contributed by atoms with Gasteiger partial charge >= 0.3 is 5.97 Å². The first-order valence-electron chi connectivity index (χ1n) is 11.1. The highest BCUT2D eigenvalue weighted by Gasteiger charge is 2.28. The van der Waals surface area contributed by atoms with Crippen LogP contribution in [-0.4, -0.2) is 32.9 Å². The van der Waals surface area contributed by atoms with Crippen molar-refractivity contribution in [2.45, 2.75) is 37.7 Å². The fraction of sp³-hybridized carbons (Fsp3) is 0.231. The molecule has 3 aromatic carbocycles. The maximum Gasteiger partial charge on any atom is 0.327 e. The molecule has 35 heavy (non-hydrogen) atoms. The number of anilines is 2. The number of ether oxygens (including phenoxy) is 1.